The lowest BCUT2D eigenvalue weighted by molar-refractivity contribution is 0.102. The second-order valence-electron chi connectivity index (χ2n) is 3.87. The maximum atomic E-state index is 5.50. The number of hydrogen-bond acceptors (Lipinski definition) is 3. The Morgan fingerprint density at radius 2 is 2.31 bits per heavy atom. The van der Waals surface area contributed by atoms with Crippen LogP contribution in [-0.4, -0.2) is 49.2 Å². The molecule has 0 bridgehead atoms. The van der Waals surface area contributed by atoms with Gasteiger partial charge in [0, 0.05) is 6.54 Å². The highest BCUT2D eigenvalue weighted by molar-refractivity contribution is 4.77. The predicted octanol–water partition coefficient (Wildman–Crippen LogP) is 0.709. The van der Waals surface area contributed by atoms with E-state index in [-0.39, 0.29) is 0 Å². The SMILES string of the molecule is CCN1CCCC1N(C)CCCN. The van der Waals surface area contributed by atoms with Gasteiger partial charge in [-0.1, -0.05) is 6.92 Å². The molecule has 1 aliphatic heterocycles. The summed E-state index contributed by atoms with van der Waals surface area (Å²) in [6.45, 7) is 6.64. The molecule has 0 aliphatic carbocycles. The van der Waals surface area contributed by atoms with Crippen LogP contribution in [0.1, 0.15) is 26.2 Å². The van der Waals surface area contributed by atoms with Crippen molar-refractivity contribution in [1.29, 1.82) is 0 Å². The van der Waals surface area contributed by atoms with Crippen molar-refractivity contribution in [2.24, 2.45) is 5.73 Å². The van der Waals surface area contributed by atoms with Gasteiger partial charge in [-0.2, -0.15) is 0 Å². The van der Waals surface area contributed by atoms with E-state index in [1.165, 1.54) is 25.9 Å². The third-order valence-corrected chi connectivity index (χ3v) is 2.96. The van der Waals surface area contributed by atoms with Gasteiger partial charge in [0.15, 0.2) is 0 Å². The molecule has 0 aromatic heterocycles. The second kappa shape index (κ2) is 5.58. The van der Waals surface area contributed by atoms with Crippen molar-refractivity contribution in [2.75, 3.05) is 33.2 Å². The van der Waals surface area contributed by atoms with Crippen molar-refractivity contribution < 1.29 is 0 Å². The number of nitrogens with two attached hydrogens (primary N) is 1. The molecular weight excluding hydrogens is 162 g/mol. The molecule has 78 valence electrons. The molecule has 1 rings (SSSR count). The highest BCUT2D eigenvalue weighted by Gasteiger charge is 2.25. The predicted molar refractivity (Wildman–Crippen MR) is 56.6 cm³/mol. The summed E-state index contributed by atoms with van der Waals surface area (Å²) in [5.74, 6) is 0. The fourth-order valence-electron chi connectivity index (χ4n) is 2.17. The summed E-state index contributed by atoms with van der Waals surface area (Å²) >= 11 is 0. The van der Waals surface area contributed by atoms with E-state index in [9.17, 15) is 0 Å². The molecule has 1 aliphatic rings. The van der Waals surface area contributed by atoms with Crippen LogP contribution in [0.4, 0.5) is 0 Å². The van der Waals surface area contributed by atoms with Gasteiger partial charge >= 0.3 is 0 Å². The van der Waals surface area contributed by atoms with Crippen molar-refractivity contribution in [3.05, 3.63) is 0 Å². The molecule has 1 atom stereocenters. The smallest absolute Gasteiger partial charge is 0.0620 e. The number of rotatable bonds is 5. The summed E-state index contributed by atoms with van der Waals surface area (Å²) in [6.07, 6.45) is 4.47. The van der Waals surface area contributed by atoms with E-state index in [4.69, 9.17) is 5.73 Å². The van der Waals surface area contributed by atoms with Gasteiger partial charge < -0.3 is 5.73 Å². The molecule has 0 amide bonds. The summed E-state index contributed by atoms with van der Waals surface area (Å²) < 4.78 is 0. The Bertz CT molecular complexity index is 138. The van der Waals surface area contributed by atoms with Crippen LogP contribution in [0.15, 0.2) is 0 Å². The van der Waals surface area contributed by atoms with Crippen molar-refractivity contribution >= 4 is 0 Å². The van der Waals surface area contributed by atoms with Gasteiger partial charge in [0.05, 0.1) is 6.17 Å². The normalized spacial score (nSPS) is 24.5. The Kier molecular flexibility index (Phi) is 4.70. The van der Waals surface area contributed by atoms with E-state index in [1.54, 1.807) is 0 Å². The zero-order valence-electron chi connectivity index (χ0n) is 9.00. The van der Waals surface area contributed by atoms with Crippen molar-refractivity contribution in [3.8, 4) is 0 Å². The highest BCUT2D eigenvalue weighted by Crippen LogP contribution is 2.18. The van der Waals surface area contributed by atoms with Crippen LogP contribution in [0.5, 0.6) is 0 Å². The van der Waals surface area contributed by atoms with E-state index in [1.807, 2.05) is 0 Å². The van der Waals surface area contributed by atoms with E-state index in [0.29, 0.717) is 6.17 Å². The summed E-state index contributed by atoms with van der Waals surface area (Å²) in [6, 6.07) is 0. The Hall–Kier alpha value is -0.120. The van der Waals surface area contributed by atoms with Gasteiger partial charge in [0.1, 0.15) is 0 Å². The first-order valence-electron chi connectivity index (χ1n) is 5.44. The van der Waals surface area contributed by atoms with Crippen molar-refractivity contribution in [2.45, 2.75) is 32.4 Å². The van der Waals surface area contributed by atoms with Gasteiger partial charge in [-0.15, -0.1) is 0 Å². The average molecular weight is 185 g/mol. The minimum atomic E-state index is 0.677. The first-order valence-corrected chi connectivity index (χ1v) is 5.44. The Balaban J connectivity index is 2.31. The maximum absolute atomic E-state index is 5.50. The first kappa shape index (κ1) is 11.0. The summed E-state index contributed by atoms with van der Waals surface area (Å²) in [4.78, 5) is 5.00. The number of nitrogens with zero attached hydrogens (tertiary/aromatic N) is 2. The second-order valence-corrected chi connectivity index (χ2v) is 3.87. The molecule has 3 nitrogen and oxygen atoms in total. The van der Waals surface area contributed by atoms with Gasteiger partial charge in [-0.25, -0.2) is 0 Å². The zero-order chi connectivity index (χ0) is 9.68. The molecule has 0 radical (unpaired) electrons. The van der Waals surface area contributed by atoms with Crippen LogP contribution in [0, 0.1) is 0 Å². The lowest BCUT2D eigenvalue weighted by Crippen LogP contribution is -2.43. The van der Waals surface area contributed by atoms with Crippen molar-refractivity contribution in [1.82, 2.24) is 9.80 Å². The molecule has 2 N–H and O–H groups in total. The Labute approximate surface area is 81.9 Å². The molecular formula is C10H23N3. The molecule has 1 unspecified atom stereocenters. The standard InChI is InChI=1S/C10H23N3/c1-3-13-9-4-6-10(13)12(2)8-5-7-11/h10H,3-9,11H2,1-2H3. The Morgan fingerprint density at radius 3 is 2.92 bits per heavy atom. The van der Waals surface area contributed by atoms with Crippen LogP contribution in [0.2, 0.25) is 0 Å². The Morgan fingerprint density at radius 1 is 1.54 bits per heavy atom. The van der Waals surface area contributed by atoms with E-state index < -0.39 is 0 Å². The molecule has 1 heterocycles. The maximum Gasteiger partial charge on any atom is 0.0620 e. The zero-order valence-corrected chi connectivity index (χ0v) is 9.00. The monoisotopic (exact) mass is 185 g/mol. The third-order valence-electron chi connectivity index (χ3n) is 2.96. The van der Waals surface area contributed by atoms with Crippen LogP contribution >= 0.6 is 0 Å². The molecule has 0 saturated carbocycles. The fourth-order valence-corrected chi connectivity index (χ4v) is 2.17. The molecule has 0 aromatic carbocycles. The molecule has 13 heavy (non-hydrogen) atoms. The molecule has 0 spiro atoms. The molecule has 0 aromatic rings. The largest absolute Gasteiger partial charge is 0.330 e. The topological polar surface area (TPSA) is 32.5 Å². The number of hydrogen-bond donors (Lipinski definition) is 1. The summed E-state index contributed by atoms with van der Waals surface area (Å²) in [5, 5.41) is 0. The minimum Gasteiger partial charge on any atom is -0.330 e. The summed E-state index contributed by atoms with van der Waals surface area (Å²) in [7, 11) is 2.22. The van der Waals surface area contributed by atoms with Crippen molar-refractivity contribution in [3.63, 3.8) is 0 Å². The van der Waals surface area contributed by atoms with Crippen LogP contribution in [-0.2, 0) is 0 Å². The van der Waals surface area contributed by atoms with Crippen LogP contribution in [0.25, 0.3) is 0 Å². The highest BCUT2D eigenvalue weighted by atomic mass is 15.3. The lowest BCUT2D eigenvalue weighted by atomic mass is 10.3. The van der Waals surface area contributed by atoms with E-state index in [2.05, 4.69) is 23.8 Å². The minimum absolute atomic E-state index is 0.677. The van der Waals surface area contributed by atoms with Crippen LogP contribution in [0.3, 0.4) is 0 Å². The average Bonchev–Trinajstić information content (AvgIpc) is 2.61. The van der Waals surface area contributed by atoms with Gasteiger partial charge in [-0.3, -0.25) is 9.80 Å². The lowest BCUT2D eigenvalue weighted by Gasteiger charge is -2.31. The van der Waals surface area contributed by atoms with Crippen LogP contribution < -0.4 is 5.73 Å². The molecule has 1 fully saturated rings. The van der Waals surface area contributed by atoms with E-state index >= 15 is 0 Å². The van der Waals surface area contributed by atoms with Gasteiger partial charge in [0.25, 0.3) is 0 Å². The fraction of sp³-hybridized carbons (Fsp3) is 1.00. The molecule has 3 heteroatoms. The first-order chi connectivity index (χ1) is 6.29. The molecule has 1 saturated heterocycles. The van der Waals surface area contributed by atoms with Gasteiger partial charge in [-0.05, 0) is 45.9 Å². The quantitative estimate of drug-likeness (QED) is 0.684. The summed E-state index contributed by atoms with van der Waals surface area (Å²) in [5.41, 5.74) is 5.50. The van der Waals surface area contributed by atoms with Gasteiger partial charge in [0.2, 0.25) is 0 Å². The number of likely N-dealkylation sites (tertiary alicyclic amines) is 1. The third kappa shape index (κ3) is 2.93. The van der Waals surface area contributed by atoms with E-state index in [0.717, 1.165) is 19.5 Å².